The van der Waals surface area contributed by atoms with Crippen molar-refractivity contribution in [3.8, 4) is 0 Å². The van der Waals surface area contributed by atoms with Gasteiger partial charge >= 0.3 is 11.9 Å². The number of nitrogens with one attached hydrogen (secondary N) is 1. The highest BCUT2D eigenvalue weighted by atomic mass is 32.2. The normalized spacial score (nSPS) is 19.1. The average Bonchev–Trinajstić information content (AvgIpc) is 2.97. The van der Waals surface area contributed by atoms with Gasteiger partial charge in [0.2, 0.25) is 5.91 Å². The van der Waals surface area contributed by atoms with Crippen LogP contribution in [-0.2, 0) is 20.8 Å². The molecular formula is C13H14N2O5S2. The third kappa shape index (κ3) is 4.31. The number of hydrogen-bond donors (Lipinski definition) is 3. The van der Waals surface area contributed by atoms with Crippen LogP contribution >= 0.6 is 23.1 Å². The summed E-state index contributed by atoms with van der Waals surface area (Å²) in [5, 5.41) is 21.7. The molecule has 1 aromatic rings. The third-order valence-electron chi connectivity index (χ3n) is 2.94. The SMILES string of the molecule is O=C(Cc1cccs1)N[C@H](C(=O)O)[C@@H]1N=C(C(=O)O)CCS1. The molecule has 0 saturated heterocycles. The predicted molar refractivity (Wildman–Crippen MR) is 83.5 cm³/mol. The molecule has 3 N–H and O–H groups in total. The molecule has 2 atom stereocenters. The van der Waals surface area contributed by atoms with Crippen molar-refractivity contribution < 1.29 is 24.6 Å². The predicted octanol–water partition coefficient (Wildman–Crippen LogP) is 0.849. The molecule has 118 valence electrons. The summed E-state index contributed by atoms with van der Waals surface area (Å²) in [5.41, 5.74) is -0.0532. The van der Waals surface area contributed by atoms with E-state index in [1.54, 1.807) is 6.07 Å². The van der Waals surface area contributed by atoms with Crippen LogP contribution in [0, 0.1) is 0 Å². The van der Waals surface area contributed by atoms with Gasteiger partial charge in [-0.2, -0.15) is 0 Å². The number of carbonyl (C=O) groups is 3. The molecule has 1 aliphatic heterocycles. The van der Waals surface area contributed by atoms with Crippen LogP contribution in [-0.4, -0.2) is 50.9 Å². The van der Waals surface area contributed by atoms with Crippen molar-refractivity contribution in [1.82, 2.24) is 5.32 Å². The van der Waals surface area contributed by atoms with E-state index in [0.717, 1.165) is 4.88 Å². The number of nitrogens with zero attached hydrogens (tertiary/aromatic N) is 1. The molecule has 1 amide bonds. The van der Waals surface area contributed by atoms with Crippen molar-refractivity contribution in [2.45, 2.75) is 24.3 Å². The van der Waals surface area contributed by atoms with Gasteiger partial charge in [-0.25, -0.2) is 9.59 Å². The summed E-state index contributed by atoms with van der Waals surface area (Å²) in [6.07, 6.45) is 0.375. The van der Waals surface area contributed by atoms with E-state index in [2.05, 4.69) is 10.3 Å². The van der Waals surface area contributed by atoms with Gasteiger partial charge in [0, 0.05) is 17.1 Å². The summed E-state index contributed by atoms with van der Waals surface area (Å²) in [4.78, 5) is 39.0. The Kier molecular flexibility index (Phi) is 5.56. The zero-order valence-corrected chi connectivity index (χ0v) is 13.0. The number of thiophene rings is 1. The Hall–Kier alpha value is -1.87. The lowest BCUT2D eigenvalue weighted by molar-refractivity contribution is -0.141. The molecular weight excluding hydrogens is 328 g/mol. The number of thioether (sulfide) groups is 1. The number of carboxylic acid groups (broad SMARTS) is 2. The summed E-state index contributed by atoms with van der Waals surface area (Å²) in [5.74, 6) is -2.35. The van der Waals surface area contributed by atoms with Gasteiger partial charge < -0.3 is 15.5 Å². The highest BCUT2D eigenvalue weighted by Crippen LogP contribution is 2.23. The Balaban J connectivity index is 2.06. The second-order valence-corrected chi connectivity index (χ2v) is 6.79. The number of carbonyl (C=O) groups excluding carboxylic acids is 1. The molecule has 0 fully saturated rings. The molecule has 7 nitrogen and oxygen atoms in total. The molecule has 2 heterocycles. The maximum atomic E-state index is 11.9. The van der Waals surface area contributed by atoms with E-state index in [1.807, 2.05) is 11.4 Å². The van der Waals surface area contributed by atoms with Crippen molar-refractivity contribution in [1.29, 1.82) is 0 Å². The second-order valence-electron chi connectivity index (χ2n) is 4.53. The minimum absolute atomic E-state index is 0.0532. The van der Waals surface area contributed by atoms with Crippen LogP contribution in [0.2, 0.25) is 0 Å². The van der Waals surface area contributed by atoms with Gasteiger partial charge in [0.15, 0.2) is 6.04 Å². The minimum Gasteiger partial charge on any atom is -0.480 e. The van der Waals surface area contributed by atoms with Crippen molar-refractivity contribution in [2.24, 2.45) is 4.99 Å². The molecule has 0 bridgehead atoms. The molecule has 22 heavy (non-hydrogen) atoms. The highest BCUT2D eigenvalue weighted by Gasteiger charge is 2.33. The van der Waals surface area contributed by atoms with E-state index in [9.17, 15) is 19.5 Å². The fourth-order valence-corrected chi connectivity index (χ4v) is 3.75. The Morgan fingerprint density at radius 1 is 1.41 bits per heavy atom. The minimum atomic E-state index is -1.24. The molecule has 0 radical (unpaired) electrons. The van der Waals surface area contributed by atoms with E-state index in [1.165, 1.54) is 23.1 Å². The first-order chi connectivity index (χ1) is 10.5. The van der Waals surface area contributed by atoms with Gasteiger partial charge in [-0.05, 0) is 11.4 Å². The van der Waals surface area contributed by atoms with Crippen molar-refractivity contribution in [2.75, 3.05) is 5.75 Å². The van der Waals surface area contributed by atoms with Gasteiger partial charge in [0.25, 0.3) is 0 Å². The van der Waals surface area contributed by atoms with Gasteiger partial charge in [0.1, 0.15) is 11.1 Å². The van der Waals surface area contributed by atoms with Crippen LogP contribution in [0.25, 0.3) is 0 Å². The molecule has 2 rings (SSSR count). The van der Waals surface area contributed by atoms with E-state index in [0.29, 0.717) is 5.75 Å². The average molecular weight is 342 g/mol. The van der Waals surface area contributed by atoms with Crippen LogP contribution in [0.5, 0.6) is 0 Å². The largest absolute Gasteiger partial charge is 0.480 e. The first-order valence-electron chi connectivity index (χ1n) is 6.43. The lowest BCUT2D eigenvalue weighted by Gasteiger charge is -2.24. The summed E-state index contributed by atoms with van der Waals surface area (Å²) >= 11 is 2.63. The van der Waals surface area contributed by atoms with E-state index in [4.69, 9.17) is 5.11 Å². The molecule has 9 heteroatoms. The molecule has 0 spiro atoms. The Morgan fingerprint density at radius 2 is 2.18 bits per heavy atom. The second kappa shape index (κ2) is 7.41. The van der Waals surface area contributed by atoms with Crippen molar-refractivity contribution >= 4 is 46.7 Å². The topological polar surface area (TPSA) is 116 Å². The smallest absolute Gasteiger partial charge is 0.349 e. The third-order valence-corrected chi connectivity index (χ3v) is 4.98. The number of amides is 1. The Morgan fingerprint density at radius 3 is 2.77 bits per heavy atom. The van der Waals surface area contributed by atoms with Gasteiger partial charge in [-0.1, -0.05) is 6.07 Å². The van der Waals surface area contributed by atoms with Crippen LogP contribution < -0.4 is 5.32 Å². The zero-order valence-electron chi connectivity index (χ0n) is 11.4. The number of hydrogen-bond acceptors (Lipinski definition) is 6. The van der Waals surface area contributed by atoms with Crippen LogP contribution in [0.15, 0.2) is 22.5 Å². The van der Waals surface area contributed by atoms with Crippen LogP contribution in [0.1, 0.15) is 11.3 Å². The Bertz CT molecular complexity index is 600. The molecule has 0 saturated carbocycles. The number of aliphatic carboxylic acids is 2. The van der Waals surface area contributed by atoms with Gasteiger partial charge in [-0.15, -0.1) is 23.1 Å². The monoisotopic (exact) mass is 342 g/mol. The fourth-order valence-electron chi connectivity index (χ4n) is 1.92. The summed E-state index contributed by atoms with van der Waals surface area (Å²) < 4.78 is 0. The first kappa shape index (κ1) is 16.5. The maximum Gasteiger partial charge on any atom is 0.349 e. The zero-order chi connectivity index (χ0) is 16.1. The number of aliphatic imine (C=N–C) groups is 1. The van der Waals surface area contributed by atoms with Crippen molar-refractivity contribution in [3.63, 3.8) is 0 Å². The summed E-state index contributed by atoms with van der Waals surface area (Å²) in [7, 11) is 0. The summed E-state index contributed by atoms with van der Waals surface area (Å²) in [6, 6.07) is 2.35. The maximum absolute atomic E-state index is 11.9. The highest BCUT2D eigenvalue weighted by molar-refractivity contribution is 8.00. The lowest BCUT2D eigenvalue weighted by atomic mass is 10.2. The Labute approximate surface area is 134 Å². The fraction of sp³-hybridized carbons (Fsp3) is 0.385. The quantitative estimate of drug-likeness (QED) is 0.706. The number of carboxylic acids is 2. The van der Waals surface area contributed by atoms with Gasteiger partial charge in [-0.3, -0.25) is 9.79 Å². The first-order valence-corrected chi connectivity index (χ1v) is 8.36. The standard InChI is InChI=1S/C13H14N2O5S2/c16-9(6-7-2-1-4-21-7)15-10(13(19)20)11-14-8(12(17)18)3-5-22-11/h1-2,4,10-11H,3,5-6H2,(H,15,16)(H,17,18)(H,19,20)/t10-,11+/m0/s1. The molecule has 1 aliphatic rings. The van der Waals surface area contributed by atoms with Crippen LogP contribution in [0.3, 0.4) is 0 Å². The number of rotatable bonds is 6. The van der Waals surface area contributed by atoms with Gasteiger partial charge in [0.05, 0.1) is 6.42 Å². The van der Waals surface area contributed by atoms with E-state index < -0.39 is 29.3 Å². The molecule has 0 aliphatic carbocycles. The molecule has 0 aromatic carbocycles. The molecule has 0 unspecified atom stereocenters. The van der Waals surface area contributed by atoms with E-state index >= 15 is 0 Å². The van der Waals surface area contributed by atoms with Crippen LogP contribution in [0.4, 0.5) is 0 Å². The summed E-state index contributed by atoms with van der Waals surface area (Å²) in [6.45, 7) is 0. The molecule has 1 aromatic heterocycles. The lowest BCUT2D eigenvalue weighted by Crippen LogP contribution is -2.48. The van der Waals surface area contributed by atoms with E-state index in [-0.39, 0.29) is 18.6 Å². The van der Waals surface area contributed by atoms with Crippen molar-refractivity contribution in [3.05, 3.63) is 22.4 Å².